The van der Waals surface area contributed by atoms with Crippen LogP contribution in [0.1, 0.15) is 23.6 Å². The minimum Gasteiger partial charge on any atom is -0.507 e. The van der Waals surface area contributed by atoms with E-state index in [1.165, 1.54) is 23.1 Å². The first-order valence-electron chi connectivity index (χ1n) is 8.64. The van der Waals surface area contributed by atoms with Crippen LogP contribution in [-0.4, -0.2) is 44.9 Å². The molecule has 2 aromatic carbocycles. The van der Waals surface area contributed by atoms with Gasteiger partial charge in [0.05, 0.1) is 16.5 Å². The van der Waals surface area contributed by atoms with Crippen molar-refractivity contribution in [3.05, 3.63) is 81.4 Å². The maximum atomic E-state index is 12.7. The third kappa shape index (κ3) is 3.49. The highest BCUT2D eigenvalue weighted by atomic mass is 16.6. The molecule has 1 fully saturated rings. The standard InChI is InChI=1S/C20H18N2O6/c23-11-5-10-21-17(14-8-4-9-15(12-14)22(27)28)16(19(25)20(21)26)18(24)13-6-2-1-3-7-13/h1-4,6-9,12,17,23-24H,5,10-11H2/b18-16+/t17-/m0/s1. The quantitative estimate of drug-likeness (QED) is 0.260. The van der Waals surface area contributed by atoms with E-state index < -0.39 is 22.7 Å². The van der Waals surface area contributed by atoms with E-state index in [-0.39, 0.29) is 36.6 Å². The van der Waals surface area contributed by atoms with Crippen LogP contribution in [0.5, 0.6) is 0 Å². The lowest BCUT2D eigenvalue weighted by molar-refractivity contribution is -0.384. The number of amides is 1. The molecular weight excluding hydrogens is 364 g/mol. The fraction of sp³-hybridized carbons (Fsp3) is 0.200. The maximum Gasteiger partial charge on any atom is 0.295 e. The van der Waals surface area contributed by atoms with Gasteiger partial charge in [0.2, 0.25) is 0 Å². The Bertz CT molecular complexity index is 954. The van der Waals surface area contributed by atoms with Crippen LogP contribution < -0.4 is 0 Å². The van der Waals surface area contributed by atoms with Crippen LogP contribution in [0.4, 0.5) is 5.69 Å². The van der Waals surface area contributed by atoms with Gasteiger partial charge in [0, 0.05) is 30.8 Å². The molecule has 3 rings (SSSR count). The summed E-state index contributed by atoms with van der Waals surface area (Å²) in [4.78, 5) is 37.1. The Hall–Kier alpha value is -3.52. The summed E-state index contributed by atoms with van der Waals surface area (Å²) in [5.41, 5.74) is 0.376. The van der Waals surface area contributed by atoms with Crippen molar-refractivity contribution in [2.75, 3.05) is 13.2 Å². The molecule has 0 spiro atoms. The molecular formula is C20H18N2O6. The number of Topliss-reactive ketones (excluding diaryl/α,β-unsaturated/α-hetero) is 1. The average Bonchev–Trinajstić information content (AvgIpc) is 2.97. The Balaban J connectivity index is 2.18. The summed E-state index contributed by atoms with van der Waals surface area (Å²) < 4.78 is 0. The number of nitrogens with zero attached hydrogens (tertiary/aromatic N) is 2. The van der Waals surface area contributed by atoms with Gasteiger partial charge in [-0.25, -0.2) is 0 Å². The number of nitro groups is 1. The van der Waals surface area contributed by atoms with Crippen LogP contribution in [0.2, 0.25) is 0 Å². The second-order valence-electron chi connectivity index (χ2n) is 6.29. The molecule has 0 aliphatic carbocycles. The molecule has 0 bridgehead atoms. The number of likely N-dealkylation sites (tertiary alicyclic amines) is 1. The summed E-state index contributed by atoms with van der Waals surface area (Å²) >= 11 is 0. The van der Waals surface area contributed by atoms with Gasteiger partial charge in [-0.1, -0.05) is 42.5 Å². The summed E-state index contributed by atoms with van der Waals surface area (Å²) in [6.45, 7) is -0.122. The number of hydrogen-bond donors (Lipinski definition) is 2. The van der Waals surface area contributed by atoms with E-state index in [0.717, 1.165) is 0 Å². The first-order chi connectivity index (χ1) is 13.5. The maximum absolute atomic E-state index is 12.7. The molecule has 2 N–H and O–H groups in total. The summed E-state index contributed by atoms with van der Waals surface area (Å²) in [7, 11) is 0. The molecule has 1 atom stereocenters. The third-order valence-electron chi connectivity index (χ3n) is 4.54. The largest absolute Gasteiger partial charge is 0.507 e. The summed E-state index contributed by atoms with van der Waals surface area (Å²) in [5, 5.41) is 31.0. The second kappa shape index (κ2) is 8.01. The van der Waals surface area contributed by atoms with Gasteiger partial charge in [0.1, 0.15) is 5.76 Å². The van der Waals surface area contributed by atoms with Gasteiger partial charge in [-0.05, 0) is 12.0 Å². The van der Waals surface area contributed by atoms with Gasteiger partial charge in [-0.3, -0.25) is 19.7 Å². The molecule has 1 aliphatic heterocycles. The van der Waals surface area contributed by atoms with Gasteiger partial charge in [0.25, 0.3) is 17.4 Å². The Morgan fingerprint density at radius 3 is 2.46 bits per heavy atom. The number of ketones is 1. The number of non-ortho nitro benzene ring substituents is 1. The van der Waals surface area contributed by atoms with Crippen molar-refractivity contribution in [2.45, 2.75) is 12.5 Å². The molecule has 8 heteroatoms. The van der Waals surface area contributed by atoms with E-state index in [2.05, 4.69) is 0 Å². The number of aliphatic hydroxyl groups excluding tert-OH is 2. The average molecular weight is 382 g/mol. The van der Waals surface area contributed by atoms with E-state index in [1.54, 1.807) is 36.4 Å². The number of rotatable bonds is 6. The first-order valence-corrected chi connectivity index (χ1v) is 8.64. The summed E-state index contributed by atoms with van der Waals surface area (Å²) in [6.07, 6.45) is 0.226. The van der Waals surface area contributed by atoms with Crippen LogP contribution in [0.15, 0.2) is 60.2 Å². The molecule has 144 valence electrons. The number of benzene rings is 2. The first kappa shape index (κ1) is 19.2. The molecule has 1 heterocycles. The van der Waals surface area contributed by atoms with Gasteiger partial charge in [-0.15, -0.1) is 0 Å². The van der Waals surface area contributed by atoms with E-state index in [9.17, 15) is 24.8 Å². The predicted octanol–water partition coefficient (Wildman–Crippen LogP) is 2.40. The number of hydrogen-bond acceptors (Lipinski definition) is 6. The SMILES string of the molecule is O=C1C(=O)N(CCCO)[C@@H](c2cccc([N+](=O)[O-])c2)/C1=C(\O)c1ccccc1. The van der Waals surface area contributed by atoms with E-state index in [0.29, 0.717) is 11.1 Å². The zero-order valence-corrected chi connectivity index (χ0v) is 14.8. The molecule has 0 aromatic heterocycles. The summed E-state index contributed by atoms with van der Waals surface area (Å²) in [6, 6.07) is 12.9. The predicted molar refractivity (Wildman–Crippen MR) is 100 cm³/mol. The van der Waals surface area contributed by atoms with Crippen LogP contribution in [0, 0.1) is 10.1 Å². The molecule has 28 heavy (non-hydrogen) atoms. The Kier molecular flexibility index (Phi) is 5.51. The van der Waals surface area contributed by atoms with Crippen LogP contribution in [0.3, 0.4) is 0 Å². The van der Waals surface area contributed by atoms with Crippen molar-refractivity contribution in [1.29, 1.82) is 0 Å². The molecule has 0 saturated carbocycles. The lowest BCUT2D eigenvalue weighted by Gasteiger charge is -2.25. The van der Waals surface area contributed by atoms with Crippen molar-refractivity contribution < 1.29 is 24.7 Å². The topological polar surface area (TPSA) is 121 Å². The minimum atomic E-state index is -0.980. The highest BCUT2D eigenvalue weighted by molar-refractivity contribution is 6.46. The van der Waals surface area contributed by atoms with Crippen molar-refractivity contribution in [1.82, 2.24) is 4.90 Å². The molecule has 8 nitrogen and oxygen atoms in total. The lowest BCUT2D eigenvalue weighted by atomic mass is 9.95. The van der Waals surface area contributed by atoms with Gasteiger partial charge in [-0.2, -0.15) is 0 Å². The summed E-state index contributed by atoms with van der Waals surface area (Å²) in [5.74, 6) is -2.03. The van der Waals surface area contributed by atoms with Crippen molar-refractivity contribution in [3.63, 3.8) is 0 Å². The van der Waals surface area contributed by atoms with Crippen molar-refractivity contribution in [3.8, 4) is 0 Å². The highest BCUT2D eigenvalue weighted by Gasteiger charge is 2.46. The van der Waals surface area contributed by atoms with E-state index in [4.69, 9.17) is 5.11 Å². The molecule has 1 saturated heterocycles. The van der Waals surface area contributed by atoms with Crippen molar-refractivity contribution in [2.24, 2.45) is 0 Å². The highest BCUT2D eigenvalue weighted by Crippen LogP contribution is 2.40. The van der Waals surface area contributed by atoms with Crippen LogP contribution >= 0.6 is 0 Å². The number of nitro benzene ring substituents is 1. The number of aliphatic hydroxyl groups is 2. The molecule has 0 unspecified atom stereocenters. The zero-order chi connectivity index (χ0) is 20.3. The Labute approximate surface area is 160 Å². The van der Waals surface area contributed by atoms with Crippen molar-refractivity contribution >= 4 is 23.1 Å². The molecule has 1 aliphatic rings. The fourth-order valence-corrected chi connectivity index (χ4v) is 3.26. The Morgan fingerprint density at radius 2 is 1.82 bits per heavy atom. The molecule has 1 amide bonds. The number of carbonyl (C=O) groups excluding carboxylic acids is 2. The van der Waals surface area contributed by atoms with Gasteiger partial charge >= 0.3 is 0 Å². The second-order valence-corrected chi connectivity index (χ2v) is 6.29. The molecule has 0 radical (unpaired) electrons. The smallest absolute Gasteiger partial charge is 0.295 e. The third-order valence-corrected chi connectivity index (χ3v) is 4.54. The Morgan fingerprint density at radius 1 is 1.11 bits per heavy atom. The van der Waals surface area contributed by atoms with E-state index >= 15 is 0 Å². The van der Waals surface area contributed by atoms with Gasteiger partial charge < -0.3 is 15.1 Å². The fourth-order valence-electron chi connectivity index (χ4n) is 3.26. The normalized spacial score (nSPS) is 18.5. The van der Waals surface area contributed by atoms with Crippen LogP contribution in [-0.2, 0) is 9.59 Å². The minimum absolute atomic E-state index is 0.0694. The van der Waals surface area contributed by atoms with E-state index in [1.807, 2.05) is 0 Å². The van der Waals surface area contributed by atoms with Crippen LogP contribution in [0.25, 0.3) is 5.76 Å². The lowest BCUT2D eigenvalue weighted by Crippen LogP contribution is -2.31. The molecule has 2 aromatic rings. The monoisotopic (exact) mass is 382 g/mol. The number of carbonyl (C=O) groups is 2. The van der Waals surface area contributed by atoms with Gasteiger partial charge in [0.15, 0.2) is 0 Å². The zero-order valence-electron chi connectivity index (χ0n) is 14.8.